The Hall–Kier alpha value is -0.0800. The molecule has 2 N–H and O–H groups in total. The molecule has 0 fully saturated rings. The van der Waals surface area contributed by atoms with Gasteiger partial charge in [0.05, 0.1) is 12.2 Å². The topological polar surface area (TPSA) is 40.5 Å². The van der Waals surface area contributed by atoms with Gasteiger partial charge in [-0.05, 0) is 20.3 Å². The van der Waals surface area contributed by atoms with E-state index in [1.54, 1.807) is 13.8 Å². The van der Waals surface area contributed by atoms with Gasteiger partial charge in [-0.2, -0.15) is 0 Å². The molecular formula is C22H46O2. The first kappa shape index (κ1) is 23.9. The Morgan fingerprint density at radius 3 is 1.08 bits per heavy atom. The smallest absolute Gasteiger partial charge is 0.0564 e. The van der Waals surface area contributed by atoms with Crippen molar-refractivity contribution in [3.05, 3.63) is 0 Å². The Morgan fingerprint density at radius 1 is 0.500 bits per heavy atom. The van der Waals surface area contributed by atoms with Gasteiger partial charge in [-0.1, -0.05) is 103 Å². The summed E-state index contributed by atoms with van der Waals surface area (Å²) in [6.45, 7) is 5.87. The molecule has 0 radical (unpaired) electrons. The van der Waals surface area contributed by atoms with Crippen LogP contribution in [0.1, 0.15) is 124 Å². The van der Waals surface area contributed by atoms with Crippen LogP contribution in [0.5, 0.6) is 0 Å². The van der Waals surface area contributed by atoms with Crippen molar-refractivity contribution in [3.63, 3.8) is 0 Å². The molecule has 0 rings (SSSR count). The third-order valence-corrected chi connectivity index (χ3v) is 5.38. The SMILES string of the molecule is CCCCCCCCCCCCCCCCCC(C(C)O)C(C)O. The summed E-state index contributed by atoms with van der Waals surface area (Å²) in [5.74, 6) is 0.0481. The van der Waals surface area contributed by atoms with Crippen LogP contribution in [-0.2, 0) is 0 Å². The summed E-state index contributed by atoms with van der Waals surface area (Å²) >= 11 is 0. The highest BCUT2D eigenvalue weighted by Crippen LogP contribution is 2.19. The van der Waals surface area contributed by atoms with Crippen molar-refractivity contribution in [2.75, 3.05) is 0 Å². The van der Waals surface area contributed by atoms with E-state index in [9.17, 15) is 10.2 Å². The van der Waals surface area contributed by atoms with Crippen molar-refractivity contribution in [2.45, 2.75) is 136 Å². The average Bonchev–Trinajstić information content (AvgIpc) is 2.53. The Labute approximate surface area is 152 Å². The largest absolute Gasteiger partial charge is 0.393 e. The summed E-state index contributed by atoms with van der Waals surface area (Å²) in [5, 5.41) is 19.3. The second kappa shape index (κ2) is 17.7. The van der Waals surface area contributed by atoms with Crippen LogP contribution in [0.15, 0.2) is 0 Å². The number of hydrogen-bond acceptors (Lipinski definition) is 2. The lowest BCUT2D eigenvalue weighted by molar-refractivity contribution is 0.0258. The fraction of sp³-hybridized carbons (Fsp3) is 1.00. The van der Waals surface area contributed by atoms with Gasteiger partial charge in [-0.25, -0.2) is 0 Å². The van der Waals surface area contributed by atoms with Crippen LogP contribution in [0.2, 0.25) is 0 Å². The highest BCUT2D eigenvalue weighted by Gasteiger charge is 2.19. The summed E-state index contributed by atoms with van der Waals surface area (Å²) in [6.07, 6.45) is 20.8. The zero-order valence-electron chi connectivity index (χ0n) is 16.9. The molecule has 0 aliphatic carbocycles. The molecule has 146 valence electrons. The van der Waals surface area contributed by atoms with Gasteiger partial charge in [0.1, 0.15) is 0 Å². The molecule has 0 aliphatic rings. The molecule has 2 nitrogen and oxygen atoms in total. The molecule has 2 atom stereocenters. The summed E-state index contributed by atoms with van der Waals surface area (Å²) in [5.41, 5.74) is 0. The van der Waals surface area contributed by atoms with Crippen LogP contribution in [0.4, 0.5) is 0 Å². The Bertz CT molecular complexity index is 230. The van der Waals surface area contributed by atoms with E-state index in [1.807, 2.05) is 0 Å². The molecule has 0 amide bonds. The van der Waals surface area contributed by atoms with Gasteiger partial charge in [0.15, 0.2) is 0 Å². The summed E-state index contributed by atoms with van der Waals surface area (Å²) in [6, 6.07) is 0. The van der Waals surface area contributed by atoms with Crippen LogP contribution in [0.3, 0.4) is 0 Å². The molecule has 0 heterocycles. The van der Waals surface area contributed by atoms with Gasteiger partial charge in [-0.3, -0.25) is 0 Å². The minimum Gasteiger partial charge on any atom is -0.393 e. The lowest BCUT2D eigenvalue weighted by Crippen LogP contribution is -2.27. The van der Waals surface area contributed by atoms with Gasteiger partial charge in [-0.15, -0.1) is 0 Å². The molecule has 0 saturated heterocycles. The number of rotatable bonds is 18. The third-order valence-electron chi connectivity index (χ3n) is 5.38. The van der Waals surface area contributed by atoms with Crippen molar-refractivity contribution < 1.29 is 10.2 Å². The maximum Gasteiger partial charge on any atom is 0.0564 e. The lowest BCUT2D eigenvalue weighted by Gasteiger charge is -2.22. The van der Waals surface area contributed by atoms with E-state index in [2.05, 4.69) is 6.92 Å². The molecule has 0 aromatic carbocycles. The van der Waals surface area contributed by atoms with Crippen LogP contribution >= 0.6 is 0 Å². The quantitative estimate of drug-likeness (QED) is 0.275. The van der Waals surface area contributed by atoms with Gasteiger partial charge < -0.3 is 10.2 Å². The number of aliphatic hydroxyl groups is 2. The van der Waals surface area contributed by atoms with Crippen LogP contribution in [-0.4, -0.2) is 22.4 Å². The van der Waals surface area contributed by atoms with Crippen molar-refractivity contribution in [3.8, 4) is 0 Å². The normalized spacial score (nSPS) is 15.4. The first-order valence-corrected chi connectivity index (χ1v) is 11.0. The zero-order valence-corrected chi connectivity index (χ0v) is 16.9. The highest BCUT2D eigenvalue weighted by molar-refractivity contribution is 4.70. The van der Waals surface area contributed by atoms with Crippen molar-refractivity contribution >= 4 is 0 Å². The minimum atomic E-state index is -0.392. The van der Waals surface area contributed by atoms with E-state index >= 15 is 0 Å². The minimum absolute atomic E-state index is 0.0481. The summed E-state index contributed by atoms with van der Waals surface area (Å²) < 4.78 is 0. The van der Waals surface area contributed by atoms with Crippen molar-refractivity contribution in [1.29, 1.82) is 0 Å². The third kappa shape index (κ3) is 15.4. The molecule has 0 spiro atoms. The van der Waals surface area contributed by atoms with Crippen LogP contribution < -0.4 is 0 Å². The molecule has 2 unspecified atom stereocenters. The van der Waals surface area contributed by atoms with E-state index in [0.29, 0.717) is 0 Å². The maximum atomic E-state index is 9.64. The highest BCUT2D eigenvalue weighted by atomic mass is 16.3. The van der Waals surface area contributed by atoms with Crippen LogP contribution in [0, 0.1) is 5.92 Å². The first-order chi connectivity index (χ1) is 11.6. The first-order valence-electron chi connectivity index (χ1n) is 11.0. The van der Waals surface area contributed by atoms with Gasteiger partial charge in [0.2, 0.25) is 0 Å². The fourth-order valence-electron chi connectivity index (χ4n) is 3.64. The molecule has 2 heteroatoms. The standard InChI is InChI=1S/C22H46O2/c1-4-5-6-7-8-9-10-11-12-13-14-15-16-17-18-19-22(20(2)23)21(3)24/h20-24H,4-19H2,1-3H3. The van der Waals surface area contributed by atoms with Gasteiger partial charge in [0.25, 0.3) is 0 Å². The zero-order chi connectivity index (χ0) is 18.0. The van der Waals surface area contributed by atoms with E-state index < -0.39 is 12.2 Å². The van der Waals surface area contributed by atoms with E-state index in [-0.39, 0.29) is 5.92 Å². The Kier molecular flexibility index (Phi) is 17.7. The Balaban J connectivity index is 3.20. The Morgan fingerprint density at radius 2 is 0.792 bits per heavy atom. The predicted octanol–water partition coefficient (Wildman–Crippen LogP) is 6.63. The summed E-state index contributed by atoms with van der Waals surface area (Å²) in [7, 11) is 0. The van der Waals surface area contributed by atoms with Crippen molar-refractivity contribution in [2.24, 2.45) is 5.92 Å². The number of unbranched alkanes of at least 4 members (excludes halogenated alkanes) is 14. The molecular weight excluding hydrogens is 296 g/mol. The maximum absolute atomic E-state index is 9.64. The molecule has 0 bridgehead atoms. The molecule has 0 aromatic rings. The van der Waals surface area contributed by atoms with E-state index in [1.165, 1.54) is 89.9 Å². The second-order valence-electron chi connectivity index (χ2n) is 7.88. The van der Waals surface area contributed by atoms with E-state index in [0.717, 1.165) is 12.8 Å². The second-order valence-corrected chi connectivity index (χ2v) is 7.88. The predicted molar refractivity (Wildman–Crippen MR) is 106 cm³/mol. The average molecular weight is 343 g/mol. The molecule has 24 heavy (non-hydrogen) atoms. The lowest BCUT2D eigenvalue weighted by atomic mass is 9.91. The fourth-order valence-corrected chi connectivity index (χ4v) is 3.64. The number of hydrogen-bond donors (Lipinski definition) is 2. The monoisotopic (exact) mass is 342 g/mol. The van der Waals surface area contributed by atoms with Gasteiger partial charge >= 0.3 is 0 Å². The number of aliphatic hydroxyl groups excluding tert-OH is 2. The van der Waals surface area contributed by atoms with Crippen LogP contribution in [0.25, 0.3) is 0 Å². The molecule has 0 aliphatic heterocycles. The van der Waals surface area contributed by atoms with E-state index in [4.69, 9.17) is 0 Å². The molecule has 0 aromatic heterocycles. The van der Waals surface area contributed by atoms with Crippen molar-refractivity contribution in [1.82, 2.24) is 0 Å². The summed E-state index contributed by atoms with van der Waals surface area (Å²) in [4.78, 5) is 0. The van der Waals surface area contributed by atoms with Gasteiger partial charge in [0, 0.05) is 5.92 Å². The molecule has 0 saturated carbocycles.